The predicted octanol–water partition coefficient (Wildman–Crippen LogP) is 5.28. The monoisotopic (exact) mass is 310 g/mol. The third-order valence-corrected chi connectivity index (χ3v) is 4.15. The Balaban J connectivity index is 1.60. The highest BCUT2D eigenvalue weighted by atomic mass is 14.9. The largest absolute Gasteiger partial charge is 0.359 e. The first-order valence-electron chi connectivity index (χ1n) is 8.11. The minimum atomic E-state index is 0.823. The van der Waals surface area contributed by atoms with Crippen molar-refractivity contribution >= 4 is 11.9 Å². The van der Waals surface area contributed by atoms with E-state index in [1.54, 1.807) is 0 Å². The Bertz CT molecular complexity index is 894. The normalized spacial score (nSPS) is 12.8. The van der Waals surface area contributed by atoms with Gasteiger partial charge in [-0.2, -0.15) is 0 Å². The van der Waals surface area contributed by atoms with Gasteiger partial charge < -0.3 is 5.32 Å². The number of fused-ring (bicyclic) bond motifs is 1. The molecule has 116 valence electrons. The molecule has 0 saturated heterocycles. The third kappa shape index (κ3) is 3.13. The number of allylic oxidation sites excluding steroid dienone is 1. The lowest BCUT2D eigenvalue weighted by atomic mass is 10.0. The summed E-state index contributed by atoms with van der Waals surface area (Å²) in [6, 6.07) is 27.3. The van der Waals surface area contributed by atoms with Crippen molar-refractivity contribution in [1.29, 1.82) is 0 Å². The molecular formula is C22H18N2. The fourth-order valence-electron chi connectivity index (χ4n) is 2.86. The van der Waals surface area contributed by atoms with E-state index in [0.29, 0.717) is 0 Å². The average molecular weight is 310 g/mol. The van der Waals surface area contributed by atoms with Gasteiger partial charge in [0.2, 0.25) is 0 Å². The summed E-state index contributed by atoms with van der Waals surface area (Å²) in [5.74, 6) is 0. The molecule has 3 aromatic carbocycles. The summed E-state index contributed by atoms with van der Waals surface area (Å²) in [4.78, 5) is 4.67. The molecule has 2 heteroatoms. The zero-order chi connectivity index (χ0) is 16.2. The fourth-order valence-corrected chi connectivity index (χ4v) is 2.86. The summed E-state index contributed by atoms with van der Waals surface area (Å²) in [6.07, 6.45) is 4.78. The molecule has 0 radical (unpaired) electrons. The van der Waals surface area contributed by atoms with Crippen molar-refractivity contribution in [3.05, 3.63) is 102 Å². The number of hydrogen-bond donors (Lipinski definition) is 1. The molecule has 1 aliphatic heterocycles. The molecule has 1 N–H and O–H groups in total. The Morgan fingerprint density at radius 1 is 0.750 bits per heavy atom. The zero-order valence-electron chi connectivity index (χ0n) is 13.3. The summed E-state index contributed by atoms with van der Waals surface area (Å²) in [5.41, 5.74) is 6.90. The standard InChI is InChI=1S/C22H18N2/c1-3-7-17(8-4-1)13-21-16-24-22-12-11-19(14-20(22)15-23-21)18-9-5-2-6-10-18/h1-12,14-16,24H,13H2. The molecule has 0 spiro atoms. The molecular weight excluding hydrogens is 292 g/mol. The van der Waals surface area contributed by atoms with E-state index < -0.39 is 0 Å². The highest BCUT2D eigenvalue weighted by molar-refractivity contribution is 5.91. The van der Waals surface area contributed by atoms with Gasteiger partial charge >= 0.3 is 0 Å². The molecule has 0 amide bonds. The molecule has 0 aliphatic carbocycles. The Morgan fingerprint density at radius 3 is 2.29 bits per heavy atom. The minimum absolute atomic E-state index is 0.823. The quantitative estimate of drug-likeness (QED) is 0.699. The van der Waals surface area contributed by atoms with Crippen LogP contribution in [0.1, 0.15) is 11.1 Å². The number of nitrogens with one attached hydrogen (secondary N) is 1. The van der Waals surface area contributed by atoms with E-state index in [1.165, 1.54) is 16.7 Å². The van der Waals surface area contributed by atoms with Gasteiger partial charge in [-0.25, -0.2) is 0 Å². The lowest BCUT2D eigenvalue weighted by molar-refractivity contribution is 1.11. The molecule has 24 heavy (non-hydrogen) atoms. The number of hydrogen-bond acceptors (Lipinski definition) is 2. The van der Waals surface area contributed by atoms with E-state index in [1.807, 2.05) is 24.5 Å². The maximum atomic E-state index is 4.67. The lowest BCUT2D eigenvalue weighted by Gasteiger charge is -2.07. The van der Waals surface area contributed by atoms with Crippen LogP contribution in [0.25, 0.3) is 11.1 Å². The summed E-state index contributed by atoms with van der Waals surface area (Å²) < 4.78 is 0. The zero-order valence-corrected chi connectivity index (χ0v) is 13.3. The molecule has 1 aliphatic rings. The maximum Gasteiger partial charge on any atom is 0.0607 e. The Morgan fingerprint density at radius 2 is 1.50 bits per heavy atom. The highest BCUT2D eigenvalue weighted by Gasteiger charge is 2.07. The first kappa shape index (κ1) is 14.5. The van der Waals surface area contributed by atoms with Crippen molar-refractivity contribution in [2.45, 2.75) is 6.42 Å². The fraction of sp³-hybridized carbons (Fsp3) is 0.0455. The highest BCUT2D eigenvalue weighted by Crippen LogP contribution is 2.26. The van der Waals surface area contributed by atoms with Crippen molar-refractivity contribution in [3.63, 3.8) is 0 Å². The second kappa shape index (κ2) is 6.55. The maximum absolute atomic E-state index is 4.67. The molecule has 0 unspecified atom stereocenters. The van der Waals surface area contributed by atoms with Crippen LogP contribution in [0.15, 0.2) is 95.8 Å². The molecule has 0 bridgehead atoms. The molecule has 0 aromatic heterocycles. The van der Waals surface area contributed by atoms with E-state index in [-0.39, 0.29) is 0 Å². The van der Waals surface area contributed by atoms with Gasteiger partial charge in [0.25, 0.3) is 0 Å². The van der Waals surface area contributed by atoms with Crippen molar-refractivity contribution < 1.29 is 0 Å². The van der Waals surface area contributed by atoms with E-state index in [0.717, 1.165) is 23.4 Å². The number of rotatable bonds is 3. The van der Waals surface area contributed by atoms with Crippen LogP contribution >= 0.6 is 0 Å². The topological polar surface area (TPSA) is 24.4 Å². The minimum Gasteiger partial charge on any atom is -0.359 e. The van der Waals surface area contributed by atoms with Crippen LogP contribution in [0.4, 0.5) is 5.69 Å². The van der Waals surface area contributed by atoms with Crippen LogP contribution in [0.3, 0.4) is 0 Å². The van der Waals surface area contributed by atoms with Crippen LogP contribution in [0.2, 0.25) is 0 Å². The first-order chi connectivity index (χ1) is 11.9. The van der Waals surface area contributed by atoms with Crippen molar-refractivity contribution in [2.24, 2.45) is 4.99 Å². The van der Waals surface area contributed by atoms with Gasteiger partial charge in [-0.1, -0.05) is 66.7 Å². The van der Waals surface area contributed by atoms with E-state index in [9.17, 15) is 0 Å². The molecule has 3 aromatic rings. The number of anilines is 1. The van der Waals surface area contributed by atoms with E-state index in [4.69, 9.17) is 0 Å². The average Bonchev–Trinajstić information content (AvgIpc) is 2.85. The molecule has 4 rings (SSSR count). The smallest absolute Gasteiger partial charge is 0.0607 e. The van der Waals surface area contributed by atoms with Crippen LogP contribution in [0.5, 0.6) is 0 Å². The summed E-state index contributed by atoms with van der Waals surface area (Å²) in [5, 5.41) is 3.39. The van der Waals surface area contributed by atoms with Gasteiger partial charge in [-0.05, 0) is 28.8 Å². The van der Waals surface area contributed by atoms with Crippen LogP contribution in [0, 0.1) is 0 Å². The van der Waals surface area contributed by atoms with Crippen LogP contribution < -0.4 is 5.32 Å². The van der Waals surface area contributed by atoms with Gasteiger partial charge in [0.15, 0.2) is 0 Å². The second-order valence-corrected chi connectivity index (χ2v) is 5.87. The van der Waals surface area contributed by atoms with Gasteiger partial charge in [0.05, 0.1) is 5.70 Å². The molecule has 1 heterocycles. The predicted molar refractivity (Wildman–Crippen MR) is 101 cm³/mol. The van der Waals surface area contributed by atoms with E-state index >= 15 is 0 Å². The number of benzene rings is 3. The van der Waals surface area contributed by atoms with Gasteiger partial charge in [0, 0.05) is 30.1 Å². The van der Waals surface area contributed by atoms with Crippen molar-refractivity contribution in [3.8, 4) is 11.1 Å². The molecule has 0 atom stereocenters. The van der Waals surface area contributed by atoms with Gasteiger partial charge in [-0.15, -0.1) is 0 Å². The first-order valence-corrected chi connectivity index (χ1v) is 8.11. The SMILES string of the molecule is C1=NC(Cc2ccccc2)=CNc2ccc(-c3ccccc3)cc21. The molecule has 2 nitrogen and oxygen atoms in total. The lowest BCUT2D eigenvalue weighted by Crippen LogP contribution is -1.93. The number of aliphatic imine (C=N–C) groups is 1. The van der Waals surface area contributed by atoms with Crippen molar-refractivity contribution in [2.75, 3.05) is 5.32 Å². The molecule has 0 saturated carbocycles. The third-order valence-electron chi connectivity index (χ3n) is 4.15. The number of nitrogens with zero attached hydrogens (tertiary/aromatic N) is 1. The summed E-state index contributed by atoms with van der Waals surface area (Å²) >= 11 is 0. The Labute approximate surface area is 142 Å². The summed E-state index contributed by atoms with van der Waals surface area (Å²) in [7, 11) is 0. The van der Waals surface area contributed by atoms with Crippen LogP contribution in [-0.4, -0.2) is 6.21 Å². The molecule has 0 fully saturated rings. The van der Waals surface area contributed by atoms with Crippen LogP contribution in [-0.2, 0) is 6.42 Å². The Kier molecular flexibility index (Phi) is 3.95. The van der Waals surface area contributed by atoms with E-state index in [2.05, 4.69) is 77.0 Å². The second-order valence-electron chi connectivity index (χ2n) is 5.87. The Hall–Kier alpha value is -3.13. The van der Waals surface area contributed by atoms with Gasteiger partial charge in [0.1, 0.15) is 0 Å². The summed E-state index contributed by atoms with van der Waals surface area (Å²) in [6.45, 7) is 0. The van der Waals surface area contributed by atoms with Crippen molar-refractivity contribution in [1.82, 2.24) is 0 Å². The van der Waals surface area contributed by atoms with Gasteiger partial charge in [-0.3, -0.25) is 4.99 Å².